The molecule has 0 radical (unpaired) electrons. The standard InChI is InChI=1S/C20H20BrN3O3S/c1-3-18(23-20(25)15-8-10-22-11-9-15)19-12-16(21)13-24(19)28(26,27)17-6-4-14(2)5-7-17/h4-13,18H,3H2,1-2H3,(H,23,25)/t18-/m0/s1. The fraction of sp³-hybridized carbons (Fsp3) is 0.200. The highest BCUT2D eigenvalue weighted by molar-refractivity contribution is 9.10. The van der Waals surface area contributed by atoms with Crippen LogP contribution in [0.3, 0.4) is 0 Å². The van der Waals surface area contributed by atoms with Crippen molar-refractivity contribution >= 4 is 31.9 Å². The molecule has 0 aliphatic carbocycles. The minimum atomic E-state index is -3.80. The number of amides is 1. The zero-order chi connectivity index (χ0) is 20.3. The highest BCUT2D eigenvalue weighted by atomic mass is 79.9. The molecule has 2 aromatic heterocycles. The minimum Gasteiger partial charge on any atom is -0.344 e. The third kappa shape index (κ3) is 4.18. The van der Waals surface area contributed by atoms with Crippen LogP contribution < -0.4 is 5.32 Å². The molecule has 0 aliphatic rings. The van der Waals surface area contributed by atoms with E-state index in [1.54, 1.807) is 42.5 Å². The fourth-order valence-electron chi connectivity index (χ4n) is 2.84. The second-order valence-electron chi connectivity index (χ2n) is 6.37. The number of aryl methyl sites for hydroxylation is 1. The monoisotopic (exact) mass is 461 g/mol. The first kappa shape index (κ1) is 20.3. The van der Waals surface area contributed by atoms with Crippen LogP contribution in [0.4, 0.5) is 0 Å². The predicted octanol–water partition coefficient (Wildman–Crippen LogP) is 4.07. The Hall–Kier alpha value is -2.45. The molecule has 0 bridgehead atoms. The van der Waals surface area contributed by atoms with Crippen molar-refractivity contribution in [1.82, 2.24) is 14.3 Å². The van der Waals surface area contributed by atoms with Gasteiger partial charge in [-0.15, -0.1) is 0 Å². The molecular weight excluding hydrogens is 442 g/mol. The smallest absolute Gasteiger partial charge is 0.267 e. The molecule has 2 heterocycles. The number of nitrogens with zero attached hydrogens (tertiary/aromatic N) is 2. The topological polar surface area (TPSA) is 81.1 Å². The van der Waals surface area contributed by atoms with Crippen LogP contribution in [0.5, 0.6) is 0 Å². The Kier molecular flexibility index (Phi) is 6.00. The summed E-state index contributed by atoms with van der Waals surface area (Å²) in [6, 6.07) is 11.1. The highest BCUT2D eigenvalue weighted by Gasteiger charge is 2.25. The number of benzene rings is 1. The lowest BCUT2D eigenvalue weighted by Crippen LogP contribution is -2.30. The van der Waals surface area contributed by atoms with E-state index in [-0.39, 0.29) is 10.8 Å². The quantitative estimate of drug-likeness (QED) is 0.599. The zero-order valence-electron chi connectivity index (χ0n) is 15.5. The van der Waals surface area contributed by atoms with Crippen molar-refractivity contribution in [1.29, 1.82) is 0 Å². The van der Waals surface area contributed by atoms with Crippen molar-refractivity contribution in [2.24, 2.45) is 0 Å². The van der Waals surface area contributed by atoms with Gasteiger partial charge in [0.05, 0.1) is 16.6 Å². The van der Waals surface area contributed by atoms with Crippen LogP contribution in [0, 0.1) is 6.92 Å². The number of rotatable bonds is 6. The molecule has 1 aromatic carbocycles. The van der Waals surface area contributed by atoms with Crippen LogP contribution in [-0.4, -0.2) is 23.3 Å². The maximum absolute atomic E-state index is 13.2. The van der Waals surface area contributed by atoms with Crippen molar-refractivity contribution in [2.75, 3.05) is 0 Å². The summed E-state index contributed by atoms with van der Waals surface area (Å²) in [7, 11) is -3.80. The molecule has 0 unspecified atom stereocenters. The molecule has 1 atom stereocenters. The second kappa shape index (κ2) is 8.28. The maximum atomic E-state index is 13.2. The molecule has 3 rings (SSSR count). The SMILES string of the molecule is CC[C@H](NC(=O)c1ccncc1)c1cc(Br)cn1S(=O)(=O)c1ccc(C)cc1. The molecule has 1 N–H and O–H groups in total. The van der Waals surface area contributed by atoms with Gasteiger partial charge in [0.1, 0.15) is 0 Å². The van der Waals surface area contributed by atoms with E-state index in [0.717, 1.165) is 5.56 Å². The van der Waals surface area contributed by atoms with E-state index in [4.69, 9.17) is 0 Å². The summed E-state index contributed by atoms with van der Waals surface area (Å²) in [5.74, 6) is -0.286. The summed E-state index contributed by atoms with van der Waals surface area (Å²) in [5, 5.41) is 2.91. The van der Waals surface area contributed by atoms with Crippen LogP contribution in [0.1, 0.15) is 41.0 Å². The molecule has 0 spiro atoms. The van der Waals surface area contributed by atoms with Gasteiger partial charge in [-0.3, -0.25) is 9.78 Å². The summed E-state index contributed by atoms with van der Waals surface area (Å²) in [4.78, 5) is 16.7. The van der Waals surface area contributed by atoms with Gasteiger partial charge in [-0.25, -0.2) is 12.4 Å². The first-order valence-corrected chi connectivity index (χ1v) is 11.0. The van der Waals surface area contributed by atoms with E-state index < -0.39 is 16.1 Å². The lowest BCUT2D eigenvalue weighted by molar-refractivity contribution is 0.0934. The van der Waals surface area contributed by atoms with Crippen LogP contribution in [-0.2, 0) is 10.0 Å². The van der Waals surface area contributed by atoms with Gasteiger partial charge in [-0.2, -0.15) is 0 Å². The van der Waals surface area contributed by atoms with E-state index in [0.29, 0.717) is 22.2 Å². The number of halogens is 1. The third-order valence-electron chi connectivity index (χ3n) is 4.37. The molecule has 0 aliphatic heterocycles. The second-order valence-corrected chi connectivity index (χ2v) is 9.10. The van der Waals surface area contributed by atoms with Gasteiger partial charge in [0.25, 0.3) is 15.9 Å². The molecule has 6 nitrogen and oxygen atoms in total. The molecular formula is C20H20BrN3O3S. The van der Waals surface area contributed by atoms with Crippen molar-refractivity contribution in [2.45, 2.75) is 31.2 Å². The largest absolute Gasteiger partial charge is 0.344 e. The Bertz CT molecular complexity index is 1080. The highest BCUT2D eigenvalue weighted by Crippen LogP contribution is 2.28. The van der Waals surface area contributed by atoms with Crippen molar-refractivity contribution in [3.8, 4) is 0 Å². The minimum absolute atomic E-state index is 0.192. The number of carbonyl (C=O) groups excluding carboxylic acids is 1. The van der Waals surface area contributed by atoms with E-state index in [2.05, 4.69) is 26.2 Å². The number of hydrogen-bond donors (Lipinski definition) is 1. The average molecular weight is 462 g/mol. The molecule has 8 heteroatoms. The molecule has 0 fully saturated rings. The van der Waals surface area contributed by atoms with E-state index >= 15 is 0 Å². The van der Waals surface area contributed by atoms with Crippen molar-refractivity contribution in [3.05, 3.63) is 82.3 Å². The van der Waals surface area contributed by atoms with Gasteiger partial charge in [-0.05, 0) is 59.6 Å². The summed E-state index contributed by atoms with van der Waals surface area (Å²) < 4.78 is 28.2. The molecule has 0 saturated carbocycles. The molecule has 0 saturated heterocycles. The Morgan fingerprint density at radius 2 is 1.82 bits per heavy atom. The van der Waals surface area contributed by atoms with Gasteiger partial charge in [0.15, 0.2) is 0 Å². The normalized spacial score (nSPS) is 12.5. The van der Waals surface area contributed by atoms with Crippen LogP contribution in [0.2, 0.25) is 0 Å². The number of nitrogens with one attached hydrogen (secondary N) is 1. The van der Waals surface area contributed by atoms with Gasteiger partial charge in [0, 0.05) is 28.6 Å². The van der Waals surface area contributed by atoms with Crippen LogP contribution >= 0.6 is 15.9 Å². The Morgan fingerprint density at radius 1 is 1.18 bits per heavy atom. The number of pyridine rings is 1. The predicted molar refractivity (Wildman–Crippen MR) is 111 cm³/mol. The molecule has 1 amide bonds. The average Bonchev–Trinajstić information content (AvgIpc) is 3.09. The van der Waals surface area contributed by atoms with E-state index in [1.807, 2.05) is 13.8 Å². The molecule has 3 aromatic rings. The summed E-state index contributed by atoms with van der Waals surface area (Å²) >= 11 is 3.36. The number of hydrogen-bond acceptors (Lipinski definition) is 4. The molecule has 146 valence electrons. The molecule has 28 heavy (non-hydrogen) atoms. The van der Waals surface area contributed by atoms with Gasteiger partial charge in [-0.1, -0.05) is 24.6 Å². The van der Waals surface area contributed by atoms with Gasteiger partial charge >= 0.3 is 0 Å². The number of aromatic nitrogens is 2. The summed E-state index contributed by atoms with van der Waals surface area (Å²) in [5.41, 5.74) is 1.92. The van der Waals surface area contributed by atoms with E-state index in [9.17, 15) is 13.2 Å². The van der Waals surface area contributed by atoms with E-state index in [1.165, 1.54) is 22.6 Å². The first-order valence-electron chi connectivity index (χ1n) is 8.74. The maximum Gasteiger partial charge on any atom is 0.267 e. The van der Waals surface area contributed by atoms with Crippen LogP contribution in [0.15, 0.2) is 70.4 Å². The van der Waals surface area contributed by atoms with Crippen LogP contribution in [0.25, 0.3) is 0 Å². The fourth-order valence-corrected chi connectivity index (χ4v) is 4.84. The number of carbonyl (C=O) groups is 1. The lowest BCUT2D eigenvalue weighted by Gasteiger charge is -2.20. The Morgan fingerprint density at radius 3 is 2.43 bits per heavy atom. The summed E-state index contributed by atoms with van der Waals surface area (Å²) in [6.45, 7) is 3.79. The first-order chi connectivity index (χ1) is 13.3. The zero-order valence-corrected chi connectivity index (χ0v) is 17.9. The van der Waals surface area contributed by atoms with Crippen molar-refractivity contribution < 1.29 is 13.2 Å². The lowest BCUT2D eigenvalue weighted by atomic mass is 10.1. The Balaban J connectivity index is 1.98. The summed E-state index contributed by atoms with van der Waals surface area (Å²) in [6.07, 6.45) is 5.11. The van der Waals surface area contributed by atoms with Gasteiger partial charge in [0.2, 0.25) is 0 Å². The Labute approximate surface area is 172 Å². The van der Waals surface area contributed by atoms with Crippen molar-refractivity contribution in [3.63, 3.8) is 0 Å². The van der Waals surface area contributed by atoms with Gasteiger partial charge < -0.3 is 5.32 Å². The third-order valence-corrected chi connectivity index (χ3v) is 6.51.